The molecule has 100 valence electrons. The van der Waals surface area contributed by atoms with Gasteiger partial charge in [0.1, 0.15) is 0 Å². The number of rotatable bonds is 5. The van der Waals surface area contributed by atoms with Gasteiger partial charge in [0.25, 0.3) is 0 Å². The van der Waals surface area contributed by atoms with Crippen LogP contribution in [0.1, 0.15) is 50.7 Å². The second-order valence-electron chi connectivity index (χ2n) is 5.41. The molecule has 18 heavy (non-hydrogen) atoms. The molecule has 0 fully saturated rings. The molecule has 0 saturated heterocycles. The minimum Gasteiger partial charge on any atom is -0.398 e. The van der Waals surface area contributed by atoms with Crippen molar-refractivity contribution in [1.29, 1.82) is 0 Å². The molecule has 2 heteroatoms. The highest BCUT2D eigenvalue weighted by molar-refractivity contribution is 5.51. The molecule has 0 bridgehead atoms. The van der Waals surface area contributed by atoms with Crippen molar-refractivity contribution in [2.75, 3.05) is 12.3 Å². The van der Waals surface area contributed by atoms with E-state index >= 15 is 0 Å². The zero-order valence-electron chi connectivity index (χ0n) is 11.8. The molecular weight excluding hydrogens is 220 g/mol. The van der Waals surface area contributed by atoms with Gasteiger partial charge in [-0.3, -0.25) is 4.90 Å². The average Bonchev–Trinajstić information content (AvgIpc) is 2.40. The van der Waals surface area contributed by atoms with Gasteiger partial charge in [-0.05, 0) is 36.5 Å². The van der Waals surface area contributed by atoms with Crippen molar-refractivity contribution >= 4 is 5.69 Å². The molecule has 2 nitrogen and oxygen atoms in total. The number of nitrogens with zero attached hydrogens (tertiary/aromatic N) is 1. The first-order valence-electron chi connectivity index (χ1n) is 7.36. The smallest absolute Gasteiger partial charge is 0.0362 e. The number of nitrogens with two attached hydrogens (primary N) is 1. The standard InChI is InChI=1S/C16H26N2/c1-3-5-8-14(4-2)18-11-10-13-7-6-9-16(17)15(13)12-18/h6-7,9,14H,3-5,8,10-12,17H2,1-2H3. The van der Waals surface area contributed by atoms with Crippen LogP contribution in [0.4, 0.5) is 5.69 Å². The Kier molecular flexibility index (Phi) is 4.65. The number of nitrogen functional groups attached to an aromatic ring is 1. The first kappa shape index (κ1) is 13.4. The third kappa shape index (κ3) is 2.86. The van der Waals surface area contributed by atoms with Crippen molar-refractivity contribution in [1.82, 2.24) is 4.90 Å². The highest BCUT2D eigenvalue weighted by Crippen LogP contribution is 2.27. The topological polar surface area (TPSA) is 29.3 Å². The number of hydrogen-bond acceptors (Lipinski definition) is 2. The van der Waals surface area contributed by atoms with Crippen LogP contribution in [0.3, 0.4) is 0 Å². The monoisotopic (exact) mass is 246 g/mol. The average molecular weight is 246 g/mol. The van der Waals surface area contributed by atoms with Crippen LogP contribution in [0.25, 0.3) is 0 Å². The molecule has 1 aliphatic heterocycles. The maximum atomic E-state index is 6.12. The number of fused-ring (bicyclic) bond motifs is 1. The maximum absolute atomic E-state index is 6.12. The molecule has 1 atom stereocenters. The quantitative estimate of drug-likeness (QED) is 0.804. The summed E-state index contributed by atoms with van der Waals surface area (Å²) in [6, 6.07) is 7.08. The van der Waals surface area contributed by atoms with E-state index in [0.29, 0.717) is 0 Å². The molecule has 0 saturated carbocycles. The molecular formula is C16H26N2. The van der Waals surface area contributed by atoms with Crippen molar-refractivity contribution in [2.45, 2.75) is 58.5 Å². The summed E-state index contributed by atoms with van der Waals surface area (Å²) < 4.78 is 0. The largest absolute Gasteiger partial charge is 0.398 e. The second-order valence-corrected chi connectivity index (χ2v) is 5.41. The summed E-state index contributed by atoms with van der Waals surface area (Å²) in [7, 11) is 0. The van der Waals surface area contributed by atoms with Crippen LogP contribution in [0, 0.1) is 0 Å². The Balaban J connectivity index is 2.08. The van der Waals surface area contributed by atoms with E-state index in [0.717, 1.165) is 24.7 Å². The van der Waals surface area contributed by atoms with Gasteiger partial charge in [-0.15, -0.1) is 0 Å². The molecule has 1 aliphatic rings. The summed E-state index contributed by atoms with van der Waals surface area (Å²) in [5.41, 5.74) is 9.92. The third-order valence-electron chi connectivity index (χ3n) is 4.22. The van der Waals surface area contributed by atoms with E-state index < -0.39 is 0 Å². The van der Waals surface area contributed by atoms with Crippen LogP contribution < -0.4 is 5.73 Å². The molecule has 0 radical (unpaired) electrons. The lowest BCUT2D eigenvalue weighted by atomic mass is 9.95. The summed E-state index contributed by atoms with van der Waals surface area (Å²) in [6.07, 6.45) is 6.37. The van der Waals surface area contributed by atoms with Gasteiger partial charge in [-0.2, -0.15) is 0 Å². The highest BCUT2D eigenvalue weighted by atomic mass is 15.2. The molecule has 0 aliphatic carbocycles. The Morgan fingerprint density at radius 2 is 2.17 bits per heavy atom. The predicted molar refractivity (Wildman–Crippen MR) is 78.6 cm³/mol. The minimum atomic E-state index is 0.734. The van der Waals surface area contributed by atoms with Crippen molar-refractivity contribution < 1.29 is 0 Å². The number of anilines is 1. The lowest BCUT2D eigenvalue weighted by Crippen LogP contribution is -2.39. The van der Waals surface area contributed by atoms with Gasteiger partial charge in [0, 0.05) is 24.8 Å². The Labute approximate surface area is 111 Å². The SMILES string of the molecule is CCCCC(CC)N1CCc2cccc(N)c2C1. The van der Waals surface area contributed by atoms with E-state index in [1.54, 1.807) is 0 Å². The minimum absolute atomic E-state index is 0.734. The van der Waals surface area contributed by atoms with E-state index in [1.807, 2.05) is 6.07 Å². The van der Waals surface area contributed by atoms with Gasteiger partial charge in [-0.1, -0.05) is 38.8 Å². The van der Waals surface area contributed by atoms with Crippen molar-refractivity contribution in [3.05, 3.63) is 29.3 Å². The zero-order chi connectivity index (χ0) is 13.0. The fourth-order valence-electron chi connectivity index (χ4n) is 3.02. The van der Waals surface area contributed by atoms with Crippen LogP contribution in [-0.4, -0.2) is 17.5 Å². The van der Waals surface area contributed by atoms with E-state index in [2.05, 4.69) is 30.9 Å². The van der Waals surface area contributed by atoms with Gasteiger partial charge < -0.3 is 5.73 Å². The van der Waals surface area contributed by atoms with E-state index in [1.165, 1.54) is 43.4 Å². The van der Waals surface area contributed by atoms with Crippen molar-refractivity contribution in [3.63, 3.8) is 0 Å². The summed E-state index contributed by atoms with van der Waals surface area (Å²) in [6.45, 7) is 6.82. The Bertz CT molecular complexity index is 387. The first-order valence-corrected chi connectivity index (χ1v) is 7.36. The Morgan fingerprint density at radius 3 is 2.89 bits per heavy atom. The predicted octanol–water partition coefficient (Wildman–Crippen LogP) is 3.60. The molecule has 0 amide bonds. The molecule has 2 N–H and O–H groups in total. The van der Waals surface area contributed by atoms with Crippen LogP contribution in [0.2, 0.25) is 0 Å². The summed E-state index contributed by atoms with van der Waals surface area (Å²) in [4.78, 5) is 2.63. The van der Waals surface area contributed by atoms with Gasteiger partial charge in [0.05, 0.1) is 0 Å². The fraction of sp³-hybridized carbons (Fsp3) is 0.625. The Morgan fingerprint density at radius 1 is 1.33 bits per heavy atom. The van der Waals surface area contributed by atoms with E-state index in [4.69, 9.17) is 5.73 Å². The van der Waals surface area contributed by atoms with Crippen LogP contribution in [0.15, 0.2) is 18.2 Å². The first-order chi connectivity index (χ1) is 8.76. The van der Waals surface area contributed by atoms with E-state index in [-0.39, 0.29) is 0 Å². The van der Waals surface area contributed by atoms with E-state index in [9.17, 15) is 0 Å². The summed E-state index contributed by atoms with van der Waals surface area (Å²) in [5.74, 6) is 0. The van der Waals surface area contributed by atoms with Gasteiger partial charge in [0.15, 0.2) is 0 Å². The summed E-state index contributed by atoms with van der Waals surface area (Å²) >= 11 is 0. The normalized spacial score (nSPS) is 17.4. The van der Waals surface area contributed by atoms with Gasteiger partial charge in [0.2, 0.25) is 0 Å². The van der Waals surface area contributed by atoms with Gasteiger partial charge in [-0.25, -0.2) is 0 Å². The molecule has 1 aromatic carbocycles. The zero-order valence-corrected chi connectivity index (χ0v) is 11.8. The van der Waals surface area contributed by atoms with Crippen molar-refractivity contribution in [2.24, 2.45) is 0 Å². The fourth-order valence-corrected chi connectivity index (χ4v) is 3.02. The molecule has 1 aromatic rings. The number of hydrogen-bond donors (Lipinski definition) is 1. The third-order valence-corrected chi connectivity index (χ3v) is 4.22. The molecule has 1 unspecified atom stereocenters. The van der Waals surface area contributed by atoms with Crippen molar-refractivity contribution in [3.8, 4) is 0 Å². The summed E-state index contributed by atoms with van der Waals surface area (Å²) in [5, 5.41) is 0. The number of unbranched alkanes of at least 4 members (excludes halogenated alkanes) is 1. The molecule has 1 heterocycles. The molecule has 0 spiro atoms. The lowest BCUT2D eigenvalue weighted by molar-refractivity contribution is 0.163. The van der Waals surface area contributed by atoms with Crippen LogP contribution in [-0.2, 0) is 13.0 Å². The lowest BCUT2D eigenvalue weighted by Gasteiger charge is -2.35. The second kappa shape index (κ2) is 6.24. The molecule has 2 rings (SSSR count). The number of benzene rings is 1. The van der Waals surface area contributed by atoms with Gasteiger partial charge >= 0.3 is 0 Å². The Hall–Kier alpha value is -1.02. The highest BCUT2D eigenvalue weighted by Gasteiger charge is 2.23. The van der Waals surface area contributed by atoms with Crippen LogP contribution in [0.5, 0.6) is 0 Å². The maximum Gasteiger partial charge on any atom is 0.0362 e. The van der Waals surface area contributed by atoms with Crippen LogP contribution >= 0.6 is 0 Å². The molecule has 0 aromatic heterocycles.